The quantitative estimate of drug-likeness (QED) is 0.138. The van der Waals surface area contributed by atoms with Gasteiger partial charge in [0, 0.05) is 16.5 Å². The van der Waals surface area contributed by atoms with Crippen LogP contribution in [0.4, 0.5) is 0 Å². The molecule has 3 heteroatoms. The highest BCUT2D eigenvalue weighted by atomic mass is 15.3. The molecule has 0 aliphatic heterocycles. The molecule has 0 unspecified atom stereocenters. The van der Waals surface area contributed by atoms with Crippen molar-refractivity contribution in [3.8, 4) is 61.6 Å². The highest BCUT2D eigenvalue weighted by Gasteiger charge is 2.31. The van der Waals surface area contributed by atoms with Gasteiger partial charge in [0.05, 0.1) is 5.69 Å². The lowest BCUT2D eigenvalue weighted by Crippen LogP contribution is -2.23. The van der Waals surface area contributed by atoms with Crippen LogP contribution in [0.3, 0.4) is 0 Å². The van der Waals surface area contributed by atoms with Gasteiger partial charge in [-0.15, -0.1) is 10.2 Å². The van der Waals surface area contributed by atoms with Crippen molar-refractivity contribution >= 4 is 0 Å². The fraction of sp³-hybridized carbons (Fsp3) is 0.333. The maximum atomic E-state index is 5.08. The SMILES string of the molecule is CCCCC(C)(C)c1nnc(-c2cccc(-c3cc(-c4ccc(C(C)(C)C)cc4)cc(-c4ccc(C(C)(C)C)cc4)c3)c2)n1-c1ccc(C(C)(C)C)cc1-c1ccccc1. The smallest absolute Gasteiger partial charge is 0.168 e. The summed E-state index contributed by atoms with van der Waals surface area (Å²) in [5.74, 6) is 1.84. The van der Waals surface area contributed by atoms with Crippen LogP contribution in [0.2, 0.25) is 0 Å². The first-order chi connectivity index (χ1) is 28.3. The van der Waals surface area contributed by atoms with Crippen LogP contribution in [-0.4, -0.2) is 14.8 Å². The lowest BCUT2D eigenvalue weighted by atomic mass is 9.84. The summed E-state index contributed by atoms with van der Waals surface area (Å²) in [6, 6.07) is 52.0. The number of benzene rings is 6. The number of nitrogens with zero attached hydrogens (tertiary/aromatic N) is 3. The number of aromatic nitrogens is 3. The van der Waals surface area contributed by atoms with Crippen LogP contribution in [0.5, 0.6) is 0 Å². The highest BCUT2D eigenvalue weighted by molar-refractivity contribution is 5.83. The van der Waals surface area contributed by atoms with Gasteiger partial charge in [0.1, 0.15) is 5.82 Å². The molecule has 0 aliphatic rings. The Morgan fingerprint density at radius 3 is 1.40 bits per heavy atom. The minimum atomic E-state index is -0.205. The van der Waals surface area contributed by atoms with Gasteiger partial charge in [-0.1, -0.05) is 199 Å². The van der Waals surface area contributed by atoms with Crippen molar-refractivity contribution in [2.45, 2.75) is 124 Å². The molecule has 7 aromatic rings. The standard InChI is InChI=1S/C57H65N3/c1-13-14-33-57(11,12)53-59-58-52(60(53)51-32-31-49(56(8,9)10)38-50(51)41-19-16-15-17-20-41)43-22-18-21-42(34-43)46-36-44(39-23-27-47(28-24-39)54(2,3)4)35-45(37-46)40-25-29-48(30-26-40)55(5,6)7/h15-32,34-38H,13-14,33H2,1-12H3. The Kier molecular flexibility index (Phi) is 11.7. The predicted molar refractivity (Wildman–Crippen MR) is 257 cm³/mol. The minimum absolute atomic E-state index is 0.00765. The van der Waals surface area contributed by atoms with Gasteiger partial charge in [-0.25, -0.2) is 0 Å². The molecule has 308 valence electrons. The van der Waals surface area contributed by atoms with Crippen LogP contribution in [0.1, 0.15) is 125 Å². The van der Waals surface area contributed by atoms with Crippen molar-refractivity contribution in [3.63, 3.8) is 0 Å². The molecular weight excluding hydrogens is 727 g/mol. The first-order valence-corrected chi connectivity index (χ1v) is 22.0. The predicted octanol–water partition coefficient (Wildman–Crippen LogP) is 16.0. The Labute approximate surface area is 361 Å². The largest absolute Gasteiger partial charge is 0.278 e. The molecular formula is C57H65N3. The van der Waals surface area contributed by atoms with E-state index >= 15 is 0 Å². The zero-order chi connectivity index (χ0) is 43.0. The topological polar surface area (TPSA) is 30.7 Å². The minimum Gasteiger partial charge on any atom is -0.278 e. The van der Waals surface area contributed by atoms with Gasteiger partial charge < -0.3 is 0 Å². The Hall–Kier alpha value is -5.54. The van der Waals surface area contributed by atoms with Crippen molar-refractivity contribution in [2.24, 2.45) is 0 Å². The van der Waals surface area contributed by atoms with E-state index in [9.17, 15) is 0 Å². The monoisotopic (exact) mass is 792 g/mol. The van der Waals surface area contributed by atoms with E-state index in [-0.39, 0.29) is 21.7 Å². The summed E-state index contributed by atoms with van der Waals surface area (Å²) in [4.78, 5) is 0. The number of hydrogen-bond donors (Lipinski definition) is 0. The third kappa shape index (κ3) is 9.11. The molecule has 0 N–H and O–H groups in total. The van der Waals surface area contributed by atoms with Gasteiger partial charge >= 0.3 is 0 Å². The van der Waals surface area contributed by atoms with Crippen LogP contribution in [0.25, 0.3) is 61.6 Å². The van der Waals surface area contributed by atoms with E-state index in [1.54, 1.807) is 0 Å². The number of unbranched alkanes of at least 4 members (excludes halogenated alkanes) is 1. The third-order valence-electron chi connectivity index (χ3n) is 12.2. The summed E-state index contributed by atoms with van der Waals surface area (Å²) in [7, 11) is 0. The van der Waals surface area contributed by atoms with Crippen LogP contribution in [-0.2, 0) is 21.7 Å². The highest BCUT2D eigenvalue weighted by Crippen LogP contribution is 2.41. The van der Waals surface area contributed by atoms with E-state index in [0.29, 0.717) is 0 Å². The second-order valence-electron chi connectivity index (χ2n) is 20.6. The fourth-order valence-corrected chi connectivity index (χ4v) is 8.21. The normalized spacial score (nSPS) is 12.5. The molecule has 0 fully saturated rings. The van der Waals surface area contributed by atoms with Gasteiger partial charge in [-0.05, 0) is 115 Å². The van der Waals surface area contributed by atoms with Crippen molar-refractivity contribution in [2.75, 3.05) is 0 Å². The number of rotatable bonds is 10. The first-order valence-electron chi connectivity index (χ1n) is 22.0. The molecule has 0 aliphatic carbocycles. The van der Waals surface area contributed by atoms with Gasteiger partial charge in [0.25, 0.3) is 0 Å². The third-order valence-corrected chi connectivity index (χ3v) is 12.2. The van der Waals surface area contributed by atoms with Gasteiger partial charge in [0.15, 0.2) is 5.82 Å². The fourth-order valence-electron chi connectivity index (χ4n) is 8.21. The van der Waals surface area contributed by atoms with E-state index in [2.05, 4.69) is 227 Å². The molecule has 0 saturated heterocycles. The summed E-state index contributed by atoms with van der Waals surface area (Å²) in [6.45, 7) is 27.4. The summed E-state index contributed by atoms with van der Waals surface area (Å²) >= 11 is 0. The lowest BCUT2D eigenvalue weighted by Gasteiger charge is -2.27. The maximum Gasteiger partial charge on any atom is 0.168 e. The molecule has 0 amide bonds. The summed E-state index contributed by atoms with van der Waals surface area (Å²) < 4.78 is 2.36. The van der Waals surface area contributed by atoms with Crippen molar-refractivity contribution in [1.82, 2.24) is 14.8 Å². The second-order valence-corrected chi connectivity index (χ2v) is 20.6. The van der Waals surface area contributed by atoms with Gasteiger partial charge in [0.2, 0.25) is 0 Å². The van der Waals surface area contributed by atoms with E-state index in [0.717, 1.165) is 47.7 Å². The second kappa shape index (κ2) is 16.5. The maximum absolute atomic E-state index is 5.08. The summed E-state index contributed by atoms with van der Waals surface area (Å²) in [6.07, 6.45) is 3.27. The van der Waals surface area contributed by atoms with Gasteiger partial charge in [-0.2, -0.15) is 0 Å². The lowest BCUT2D eigenvalue weighted by molar-refractivity contribution is 0.425. The molecule has 7 rings (SSSR count). The summed E-state index contributed by atoms with van der Waals surface area (Å²) in [5, 5.41) is 10.1. The average molecular weight is 792 g/mol. The van der Waals surface area contributed by atoms with Crippen molar-refractivity contribution in [1.29, 1.82) is 0 Å². The zero-order valence-corrected chi connectivity index (χ0v) is 38.2. The molecule has 60 heavy (non-hydrogen) atoms. The molecule has 0 bridgehead atoms. The molecule has 1 aromatic heterocycles. The Morgan fingerprint density at radius 1 is 0.417 bits per heavy atom. The zero-order valence-electron chi connectivity index (χ0n) is 38.2. The molecule has 0 radical (unpaired) electrons. The van der Waals surface area contributed by atoms with E-state index in [1.807, 2.05) is 0 Å². The average Bonchev–Trinajstić information content (AvgIpc) is 3.69. The van der Waals surface area contributed by atoms with Crippen LogP contribution < -0.4 is 0 Å². The molecule has 6 aromatic carbocycles. The summed E-state index contributed by atoms with van der Waals surface area (Å²) in [5.41, 5.74) is 15.5. The van der Waals surface area contributed by atoms with Crippen LogP contribution in [0.15, 0.2) is 140 Å². The van der Waals surface area contributed by atoms with E-state index in [4.69, 9.17) is 10.2 Å². The molecule has 0 spiro atoms. The van der Waals surface area contributed by atoms with E-state index < -0.39 is 0 Å². The Balaban J connectivity index is 1.42. The Bertz CT molecular complexity index is 2490. The molecule has 0 atom stereocenters. The number of hydrogen-bond acceptors (Lipinski definition) is 2. The van der Waals surface area contributed by atoms with Gasteiger partial charge in [-0.3, -0.25) is 4.57 Å². The van der Waals surface area contributed by atoms with Crippen molar-refractivity contribution in [3.05, 3.63) is 162 Å². The van der Waals surface area contributed by atoms with E-state index in [1.165, 1.54) is 55.6 Å². The molecule has 1 heterocycles. The molecule has 3 nitrogen and oxygen atoms in total. The molecule has 0 saturated carbocycles. The van der Waals surface area contributed by atoms with Crippen LogP contribution in [0, 0.1) is 0 Å². The van der Waals surface area contributed by atoms with Crippen molar-refractivity contribution < 1.29 is 0 Å². The Morgan fingerprint density at radius 2 is 0.883 bits per heavy atom. The van der Waals surface area contributed by atoms with Crippen LogP contribution >= 0.6 is 0 Å². The first kappa shape index (κ1) is 42.6.